The fourth-order valence-electron chi connectivity index (χ4n) is 5.30. The molecule has 0 aromatic heterocycles. The predicted octanol–water partition coefficient (Wildman–Crippen LogP) is 8.83. The van der Waals surface area contributed by atoms with E-state index in [9.17, 15) is 4.79 Å². The Morgan fingerprint density at radius 2 is 1.52 bits per heavy atom. The number of hydrogen-bond donors (Lipinski definition) is 0. The SMILES string of the molecule is CC(CCC(C)C(C)C/C=C/CC(=O)C=C1CCCCCC1)CC1CCCCC1. The molecule has 166 valence electrons. The molecule has 2 aliphatic rings. The molecule has 3 unspecified atom stereocenters. The van der Waals surface area contributed by atoms with Gasteiger partial charge in [-0.25, -0.2) is 0 Å². The summed E-state index contributed by atoms with van der Waals surface area (Å²) in [4.78, 5) is 12.2. The second kappa shape index (κ2) is 14.2. The minimum absolute atomic E-state index is 0.301. The molecule has 29 heavy (non-hydrogen) atoms. The Balaban J connectivity index is 1.59. The molecule has 2 rings (SSSR count). The van der Waals surface area contributed by atoms with Crippen molar-refractivity contribution < 1.29 is 4.79 Å². The molecule has 0 amide bonds. The lowest BCUT2D eigenvalue weighted by Crippen LogP contribution is -2.13. The molecule has 0 aromatic carbocycles. The Hall–Kier alpha value is -0.850. The van der Waals surface area contributed by atoms with Crippen LogP contribution >= 0.6 is 0 Å². The first-order valence-electron chi connectivity index (χ1n) is 12.9. The van der Waals surface area contributed by atoms with Crippen LogP contribution in [0.25, 0.3) is 0 Å². The smallest absolute Gasteiger partial charge is 0.159 e. The molecule has 0 aliphatic heterocycles. The van der Waals surface area contributed by atoms with Crippen LogP contribution < -0.4 is 0 Å². The van der Waals surface area contributed by atoms with Crippen molar-refractivity contribution in [3.05, 3.63) is 23.8 Å². The average molecular weight is 401 g/mol. The van der Waals surface area contributed by atoms with Crippen LogP contribution in [0.15, 0.2) is 23.8 Å². The van der Waals surface area contributed by atoms with Gasteiger partial charge in [-0.1, -0.05) is 96.3 Å². The molecular formula is C28H48O. The standard InChI is InChI=1S/C28H48O/c1-23(21-26-14-9-6-10-15-26)19-20-25(3)24(2)13-11-12-18-28(29)22-27-16-7-4-5-8-17-27/h11-12,22-26H,4-10,13-21H2,1-3H3/b12-11+. The molecule has 2 saturated carbocycles. The third kappa shape index (κ3) is 10.7. The van der Waals surface area contributed by atoms with Gasteiger partial charge in [0, 0.05) is 6.42 Å². The van der Waals surface area contributed by atoms with E-state index in [1.807, 2.05) is 6.08 Å². The molecule has 1 heteroatoms. The highest BCUT2D eigenvalue weighted by molar-refractivity contribution is 5.91. The van der Waals surface area contributed by atoms with Crippen molar-refractivity contribution in [2.24, 2.45) is 23.7 Å². The molecule has 0 spiro atoms. The molecule has 3 atom stereocenters. The first-order valence-corrected chi connectivity index (χ1v) is 12.9. The van der Waals surface area contributed by atoms with E-state index >= 15 is 0 Å². The van der Waals surface area contributed by atoms with Crippen molar-refractivity contribution in [3.8, 4) is 0 Å². The molecule has 0 saturated heterocycles. The molecule has 0 aromatic rings. The largest absolute Gasteiger partial charge is 0.295 e. The van der Waals surface area contributed by atoms with Gasteiger partial charge in [0.2, 0.25) is 0 Å². The fourth-order valence-corrected chi connectivity index (χ4v) is 5.30. The molecule has 2 fully saturated rings. The fraction of sp³-hybridized carbons (Fsp3) is 0.821. The maximum absolute atomic E-state index is 12.2. The van der Waals surface area contributed by atoms with E-state index in [2.05, 4.69) is 32.9 Å². The number of allylic oxidation sites excluding steroid dienone is 4. The van der Waals surface area contributed by atoms with Crippen LogP contribution in [0.3, 0.4) is 0 Å². The van der Waals surface area contributed by atoms with Gasteiger partial charge in [-0.2, -0.15) is 0 Å². The normalized spacial score (nSPS) is 22.2. The van der Waals surface area contributed by atoms with Crippen LogP contribution in [0.4, 0.5) is 0 Å². The maximum atomic E-state index is 12.2. The second-order valence-electron chi connectivity index (χ2n) is 10.5. The monoisotopic (exact) mass is 400 g/mol. The van der Waals surface area contributed by atoms with Gasteiger partial charge >= 0.3 is 0 Å². The van der Waals surface area contributed by atoms with Gasteiger partial charge in [-0.3, -0.25) is 4.79 Å². The van der Waals surface area contributed by atoms with Crippen LogP contribution in [-0.2, 0) is 4.79 Å². The van der Waals surface area contributed by atoms with E-state index in [1.165, 1.54) is 82.6 Å². The molecule has 2 aliphatic carbocycles. The van der Waals surface area contributed by atoms with E-state index in [-0.39, 0.29) is 0 Å². The van der Waals surface area contributed by atoms with Gasteiger partial charge in [-0.15, -0.1) is 0 Å². The van der Waals surface area contributed by atoms with E-state index in [0.717, 1.165) is 37.0 Å². The van der Waals surface area contributed by atoms with Crippen molar-refractivity contribution in [2.75, 3.05) is 0 Å². The summed E-state index contributed by atoms with van der Waals surface area (Å²) in [5.41, 5.74) is 1.39. The predicted molar refractivity (Wildman–Crippen MR) is 127 cm³/mol. The van der Waals surface area contributed by atoms with E-state index in [1.54, 1.807) is 0 Å². The van der Waals surface area contributed by atoms with Gasteiger partial charge in [0.1, 0.15) is 0 Å². The average Bonchev–Trinajstić information content (AvgIpc) is 2.98. The summed E-state index contributed by atoms with van der Waals surface area (Å²) < 4.78 is 0. The number of rotatable bonds is 11. The Labute approximate surface area is 181 Å². The van der Waals surface area contributed by atoms with Crippen LogP contribution in [0.5, 0.6) is 0 Å². The summed E-state index contributed by atoms with van der Waals surface area (Å²) in [7, 11) is 0. The lowest BCUT2D eigenvalue weighted by Gasteiger charge is -2.26. The molecule has 0 bridgehead atoms. The zero-order valence-corrected chi connectivity index (χ0v) is 19.8. The van der Waals surface area contributed by atoms with Crippen LogP contribution in [0.2, 0.25) is 0 Å². The van der Waals surface area contributed by atoms with Gasteiger partial charge < -0.3 is 0 Å². The summed E-state index contributed by atoms with van der Waals surface area (Å²) in [6, 6.07) is 0. The summed E-state index contributed by atoms with van der Waals surface area (Å²) in [6.07, 6.45) is 27.1. The van der Waals surface area contributed by atoms with Crippen LogP contribution in [0.1, 0.15) is 124 Å². The van der Waals surface area contributed by atoms with Crippen LogP contribution in [0, 0.1) is 23.7 Å². The summed E-state index contributed by atoms with van der Waals surface area (Å²) in [5, 5.41) is 0. The topological polar surface area (TPSA) is 17.1 Å². The van der Waals surface area contributed by atoms with Crippen molar-refractivity contribution >= 4 is 5.78 Å². The highest BCUT2D eigenvalue weighted by Gasteiger charge is 2.18. The van der Waals surface area contributed by atoms with Crippen molar-refractivity contribution in [2.45, 2.75) is 124 Å². The highest BCUT2D eigenvalue weighted by Crippen LogP contribution is 2.32. The van der Waals surface area contributed by atoms with Gasteiger partial charge in [0.15, 0.2) is 5.78 Å². The summed E-state index contributed by atoms with van der Waals surface area (Å²) in [5.74, 6) is 3.69. The Morgan fingerprint density at radius 3 is 2.21 bits per heavy atom. The zero-order valence-electron chi connectivity index (χ0n) is 19.8. The number of ketones is 1. The Kier molecular flexibility index (Phi) is 12.0. The third-order valence-electron chi connectivity index (χ3n) is 7.65. The third-order valence-corrected chi connectivity index (χ3v) is 7.65. The van der Waals surface area contributed by atoms with Crippen molar-refractivity contribution in [1.82, 2.24) is 0 Å². The Bertz CT molecular complexity index is 498. The number of carbonyl (C=O) groups excluding carboxylic acids is 1. The molecule has 1 nitrogen and oxygen atoms in total. The molecular weight excluding hydrogens is 352 g/mol. The lowest BCUT2D eigenvalue weighted by molar-refractivity contribution is -0.113. The first-order chi connectivity index (χ1) is 14.0. The molecule has 0 N–H and O–H groups in total. The van der Waals surface area contributed by atoms with Crippen molar-refractivity contribution in [1.29, 1.82) is 0 Å². The van der Waals surface area contributed by atoms with Gasteiger partial charge in [0.05, 0.1) is 0 Å². The van der Waals surface area contributed by atoms with E-state index in [4.69, 9.17) is 0 Å². The molecule has 0 radical (unpaired) electrons. The van der Waals surface area contributed by atoms with E-state index < -0.39 is 0 Å². The lowest BCUT2D eigenvalue weighted by atomic mass is 9.80. The number of carbonyl (C=O) groups is 1. The van der Waals surface area contributed by atoms with Crippen molar-refractivity contribution in [3.63, 3.8) is 0 Å². The summed E-state index contributed by atoms with van der Waals surface area (Å²) in [6.45, 7) is 7.28. The Morgan fingerprint density at radius 1 is 0.862 bits per heavy atom. The minimum Gasteiger partial charge on any atom is -0.295 e. The quantitative estimate of drug-likeness (QED) is 0.192. The maximum Gasteiger partial charge on any atom is 0.159 e. The molecule has 0 heterocycles. The first kappa shape index (κ1) is 24.4. The summed E-state index contributed by atoms with van der Waals surface area (Å²) >= 11 is 0. The van der Waals surface area contributed by atoms with Gasteiger partial charge in [-0.05, 0) is 68.3 Å². The van der Waals surface area contributed by atoms with Gasteiger partial charge in [0.25, 0.3) is 0 Å². The minimum atomic E-state index is 0.301. The van der Waals surface area contributed by atoms with E-state index in [0.29, 0.717) is 18.1 Å². The highest BCUT2D eigenvalue weighted by atomic mass is 16.1. The second-order valence-corrected chi connectivity index (χ2v) is 10.5. The van der Waals surface area contributed by atoms with Crippen LogP contribution in [-0.4, -0.2) is 5.78 Å². The zero-order chi connectivity index (χ0) is 20.9. The number of hydrogen-bond acceptors (Lipinski definition) is 1.